The number of nitrogens with zero attached hydrogens (tertiary/aromatic N) is 3. The number of hydrogen-bond acceptors (Lipinski definition) is 3. The van der Waals surface area contributed by atoms with Gasteiger partial charge < -0.3 is 9.88 Å². The summed E-state index contributed by atoms with van der Waals surface area (Å²) < 4.78 is 1.99. The van der Waals surface area contributed by atoms with Crippen LogP contribution in [0.5, 0.6) is 0 Å². The van der Waals surface area contributed by atoms with Gasteiger partial charge >= 0.3 is 0 Å². The van der Waals surface area contributed by atoms with E-state index in [1.807, 2.05) is 17.7 Å². The summed E-state index contributed by atoms with van der Waals surface area (Å²) in [6, 6.07) is 1.97. The third-order valence-corrected chi connectivity index (χ3v) is 2.42. The van der Waals surface area contributed by atoms with E-state index in [0.29, 0.717) is 0 Å². The minimum absolute atomic E-state index is 0.783. The zero-order valence-corrected chi connectivity index (χ0v) is 9.86. The van der Waals surface area contributed by atoms with Gasteiger partial charge in [0, 0.05) is 19.8 Å². The lowest BCUT2D eigenvalue weighted by Crippen LogP contribution is -2.01. The molecular weight excluding hydrogens is 200 g/mol. The number of anilines is 1. The average molecular weight is 216 g/mol. The zero-order valence-electron chi connectivity index (χ0n) is 9.86. The first-order valence-electron chi connectivity index (χ1n) is 5.32. The largest absolute Gasteiger partial charge is 0.365 e. The quantitative estimate of drug-likeness (QED) is 0.801. The molecule has 0 fully saturated rings. The Labute approximate surface area is 95.0 Å². The summed E-state index contributed by atoms with van der Waals surface area (Å²) in [6.07, 6.45) is 5.73. The Morgan fingerprint density at radius 3 is 3.00 bits per heavy atom. The standard InChI is InChI=1S/C12H16N4/c1-9(2)4-6-13-12-11-10(5-7-14-12)16(3)8-15-11/h4-5,7-8H,6H2,1-3H3,(H,13,14). The number of hydrogen-bond donors (Lipinski definition) is 1. The average Bonchev–Trinajstić information content (AvgIpc) is 2.61. The van der Waals surface area contributed by atoms with Crippen LogP contribution in [0.1, 0.15) is 13.8 Å². The highest BCUT2D eigenvalue weighted by molar-refractivity contribution is 5.85. The lowest BCUT2D eigenvalue weighted by molar-refractivity contribution is 0.947. The molecule has 2 rings (SSSR count). The molecule has 84 valence electrons. The molecule has 0 saturated carbocycles. The number of fused-ring (bicyclic) bond motifs is 1. The Morgan fingerprint density at radius 1 is 1.44 bits per heavy atom. The predicted molar refractivity (Wildman–Crippen MR) is 66.4 cm³/mol. The van der Waals surface area contributed by atoms with E-state index in [4.69, 9.17) is 0 Å². The Hall–Kier alpha value is -1.84. The molecular formula is C12H16N4. The van der Waals surface area contributed by atoms with Crippen LogP contribution in [0, 0.1) is 0 Å². The van der Waals surface area contributed by atoms with Gasteiger partial charge in [-0.15, -0.1) is 0 Å². The lowest BCUT2D eigenvalue weighted by atomic mass is 10.3. The van der Waals surface area contributed by atoms with Gasteiger partial charge in [0.05, 0.1) is 11.8 Å². The summed E-state index contributed by atoms with van der Waals surface area (Å²) >= 11 is 0. The van der Waals surface area contributed by atoms with E-state index < -0.39 is 0 Å². The van der Waals surface area contributed by atoms with E-state index in [0.717, 1.165) is 23.4 Å². The van der Waals surface area contributed by atoms with Gasteiger partial charge in [0.2, 0.25) is 0 Å². The van der Waals surface area contributed by atoms with Gasteiger partial charge in [-0.1, -0.05) is 11.6 Å². The molecule has 0 atom stereocenters. The Balaban J connectivity index is 2.27. The normalized spacial score (nSPS) is 10.4. The highest BCUT2D eigenvalue weighted by atomic mass is 15.1. The molecule has 0 saturated heterocycles. The highest BCUT2D eigenvalue weighted by Crippen LogP contribution is 2.18. The van der Waals surface area contributed by atoms with Crippen LogP contribution in [0.2, 0.25) is 0 Å². The van der Waals surface area contributed by atoms with E-state index in [2.05, 4.69) is 35.2 Å². The molecule has 0 aliphatic carbocycles. The minimum atomic E-state index is 0.783. The van der Waals surface area contributed by atoms with Gasteiger partial charge in [-0.25, -0.2) is 9.97 Å². The van der Waals surface area contributed by atoms with Gasteiger partial charge in [-0.05, 0) is 19.9 Å². The van der Waals surface area contributed by atoms with Crippen molar-refractivity contribution in [2.75, 3.05) is 11.9 Å². The molecule has 2 heterocycles. The molecule has 0 unspecified atom stereocenters. The van der Waals surface area contributed by atoms with Crippen LogP contribution in [-0.4, -0.2) is 21.1 Å². The van der Waals surface area contributed by atoms with E-state index in [9.17, 15) is 0 Å². The monoisotopic (exact) mass is 216 g/mol. The third kappa shape index (κ3) is 2.05. The van der Waals surface area contributed by atoms with Gasteiger partial charge in [-0.2, -0.15) is 0 Å². The van der Waals surface area contributed by atoms with Crippen LogP contribution >= 0.6 is 0 Å². The molecule has 0 spiro atoms. The van der Waals surface area contributed by atoms with Crippen LogP contribution in [0.3, 0.4) is 0 Å². The van der Waals surface area contributed by atoms with Crippen molar-refractivity contribution in [1.82, 2.24) is 14.5 Å². The fraction of sp³-hybridized carbons (Fsp3) is 0.333. The molecule has 4 heteroatoms. The van der Waals surface area contributed by atoms with Crippen molar-refractivity contribution in [2.45, 2.75) is 13.8 Å². The van der Waals surface area contributed by atoms with Gasteiger partial charge in [0.15, 0.2) is 5.82 Å². The van der Waals surface area contributed by atoms with Gasteiger partial charge in [-0.3, -0.25) is 0 Å². The number of pyridine rings is 1. The Morgan fingerprint density at radius 2 is 2.25 bits per heavy atom. The molecule has 0 bridgehead atoms. The number of aryl methyl sites for hydroxylation is 1. The van der Waals surface area contributed by atoms with E-state index in [-0.39, 0.29) is 0 Å². The molecule has 1 N–H and O–H groups in total. The molecule has 0 radical (unpaired) electrons. The molecule has 16 heavy (non-hydrogen) atoms. The SMILES string of the molecule is CC(C)=CCNc1nccc2c1ncn2C. The first-order valence-corrected chi connectivity index (χ1v) is 5.32. The number of rotatable bonds is 3. The lowest BCUT2D eigenvalue weighted by Gasteiger charge is -2.03. The fourth-order valence-electron chi connectivity index (χ4n) is 1.54. The maximum atomic E-state index is 4.33. The predicted octanol–water partition coefficient (Wildman–Crippen LogP) is 2.35. The number of aromatic nitrogens is 3. The first kappa shape index (κ1) is 10.7. The maximum Gasteiger partial charge on any atom is 0.154 e. The van der Waals surface area contributed by atoms with Gasteiger partial charge in [0.1, 0.15) is 5.52 Å². The summed E-state index contributed by atoms with van der Waals surface area (Å²) in [4.78, 5) is 8.63. The van der Waals surface area contributed by atoms with E-state index >= 15 is 0 Å². The Kier molecular flexibility index (Phi) is 2.90. The molecule has 2 aromatic rings. The maximum absolute atomic E-state index is 4.33. The third-order valence-electron chi connectivity index (χ3n) is 2.42. The van der Waals surface area contributed by atoms with E-state index in [1.165, 1.54) is 5.57 Å². The molecule has 0 amide bonds. The number of imidazole rings is 1. The second kappa shape index (κ2) is 4.35. The van der Waals surface area contributed by atoms with Crippen molar-refractivity contribution in [2.24, 2.45) is 7.05 Å². The minimum Gasteiger partial charge on any atom is -0.365 e. The molecule has 0 aromatic carbocycles. The van der Waals surface area contributed by atoms with Crippen LogP contribution in [-0.2, 0) is 7.05 Å². The fourth-order valence-corrected chi connectivity index (χ4v) is 1.54. The van der Waals surface area contributed by atoms with Crippen LogP contribution in [0.15, 0.2) is 30.2 Å². The summed E-state index contributed by atoms with van der Waals surface area (Å²) in [5.74, 6) is 0.843. The number of allylic oxidation sites excluding steroid dienone is 1. The summed E-state index contributed by atoms with van der Waals surface area (Å²) in [5.41, 5.74) is 3.31. The van der Waals surface area contributed by atoms with Crippen molar-refractivity contribution in [3.63, 3.8) is 0 Å². The smallest absolute Gasteiger partial charge is 0.154 e. The molecule has 4 nitrogen and oxygen atoms in total. The summed E-state index contributed by atoms with van der Waals surface area (Å²) in [6.45, 7) is 4.94. The van der Waals surface area contributed by atoms with Crippen molar-refractivity contribution in [3.8, 4) is 0 Å². The first-order chi connectivity index (χ1) is 7.68. The van der Waals surface area contributed by atoms with Gasteiger partial charge in [0.25, 0.3) is 0 Å². The van der Waals surface area contributed by atoms with Crippen LogP contribution in [0.25, 0.3) is 11.0 Å². The van der Waals surface area contributed by atoms with E-state index in [1.54, 1.807) is 12.5 Å². The highest BCUT2D eigenvalue weighted by Gasteiger charge is 2.04. The van der Waals surface area contributed by atoms with Crippen molar-refractivity contribution in [3.05, 3.63) is 30.2 Å². The zero-order chi connectivity index (χ0) is 11.5. The second-order valence-electron chi connectivity index (χ2n) is 4.05. The van der Waals surface area contributed by atoms with Crippen molar-refractivity contribution < 1.29 is 0 Å². The topological polar surface area (TPSA) is 42.7 Å². The Bertz CT molecular complexity index is 521. The second-order valence-corrected chi connectivity index (χ2v) is 4.05. The number of nitrogens with one attached hydrogen (secondary N) is 1. The van der Waals surface area contributed by atoms with Crippen LogP contribution in [0.4, 0.5) is 5.82 Å². The van der Waals surface area contributed by atoms with Crippen molar-refractivity contribution >= 4 is 16.9 Å². The molecule has 0 aliphatic rings. The summed E-state index contributed by atoms with van der Waals surface area (Å²) in [7, 11) is 1.98. The summed E-state index contributed by atoms with van der Waals surface area (Å²) in [5, 5.41) is 3.27. The van der Waals surface area contributed by atoms with Crippen molar-refractivity contribution in [1.29, 1.82) is 0 Å². The molecule has 2 aromatic heterocycles. The van der Waals surface area contributed by atoms with Crippen LogP contribution < -0.4 is 5.32 Å². The molecule has 0 aliphatic heterocycles.